The molecule has 0 amide bonds. The third-order valence-corrected chi connectivity index (χ3v) is 3.31. The Kier molecular flexibility index (Phi) is 2.68. The zero-order valence-electron chi connectivity index (χ0n) is 11.5. The van der Waals surface area contributed by atoms with Crippen molar-refractivity contribution in [2.24, 2.45) is 0 Å². The quantitative estimate of drug-likeness (QED) is 0.531. The van der Waals surface area contributed by atoms with Gasteiger partial charge in [0.1, 0.15) is 11.0 Å². The summed E-state index contributed by atoms with van der Waals surface area (Å²) < 4.78 is 50.1. The summed E-state index contributed by atoms with van der Waals surface area (Å²) in [5.41, 5.74) is 0.0927. The molecule has 1 aromatic carbocycles. The summed E-state index contributed by atoms with van der Waals surface area (Å²) in [5, 5.41) is 7.13. The number of benzene rings is 1. The van der Waals surface area contributed by atoms with E-state index >= 15 is 0 Å². The number of oxazole rings is 1. The van der Waals surface area contributed by atoms with Gasteiger partial charge in [0.2, 0.25) is 6.39 Å². The fourth-order valence-electron chi connectivity index (χ4n) is 2.40. The first-order valence-electron chi connectivity index (χ1n) is 6.48. The van der Waals surface area contributed by atoms with E-state index in [1.54, 1.807) is 0 Å². The Balaban J connectivity index is 2.07. The van der Waals surface area contributed by atoms with Crippen LogP contribution in [0, 0.1) is 6.92 Å². The van der Waals surface area contributed by atoms with Gasteiger partial charge >= 0.3 is 12.1 Å². The van der Waals surface area contributed by atoms with Gasteiger partial charge < -0.3 is 8.83 Å². The van der Waals surface area contributed by atoms with Crippen LogP contribution in [-0.4, -0.2) is 20.2 Å². The number of aromatic nitrogens is 4. The van der Waals surface area contributed by atoms with Gasteiger partial charge in [0.05, 0.1) is 5.56 Å². The Morgan fingerprint density at radius 1 is 1.04 bits per heavy atom. The summed E-state index contributed by atoms with van der Waals surface area (Å²) in [4.78, 5) is 8.34. The van der Waals surface area contributed by atoms with E-state index in [2.05, 4.69) is 20.2 Å². The van der Waals surface area contributed by atoms with Crippen molar-refractivity contribution >= 4 is 22.0 Å². The summed E-state index contributed by atoms with van der Waals surface area (Å²) in [6.07, 6.45) is -3.38. The van der Waals surface area contributed by atoms with E-state index in [4.69, 9.17) is 8.83 Å². The fraction of sp³-hybridized carbons (Fsp3) is 0.143. The van der Waals surface area contributed by atoms with Gasteiger partial charge in [-0.05, 0) is 25.1 Å². The highest BCUT2D eigenvalue weighted by molar-refractivity contribution is 6.02. The number of halogens is 3. The van der Waals surface area contributed by atoms with Crippen molar-refractivity contribution in [3.63, 3.8) is 0 Å². The minimum atomic E-state index is -4.49. The van der Waals surface area contributed by atoms with Crippen molar-refractivity contribution in [3.8, 4) is 11.8 Å². The minimum absolute atomic E-state index is 0.0295. The number of nitrogens with zero attached hydrogens (tertiary/aromatic N) is 4. The van der Waals surface area contributed by atoms with Gasteiger partial charge in [-0.2, -0.15) is 13.2 Å². The van der Waals surface area contributed by atoms with Crippen molar-refractivity contribution < 1.29 is 22.0 Å². The van der Waals surface area contributed by atoms with E-state index < -0.39 is 11.7 Å². The smallest absolute Gasteiger partial charge is 0.417 e. The molecular weight excluding hydrogens is 313 g/mol. The van der Waals surface area contributed by atoms with Crippen molar-refractivity contribution in [2.75, 3.05) is 0 Å². The van der Waals surface area contributed by atoms with Gasteiger partial charge in [0.15, 0.2) is 5.58 Å². The van der Waals surface area contributed by atoms with Crippen LogP contribution in [0.3, 0.4) is 0 Å². The maximum atomic E-state index is 13.2. The second-order valence-electron chi connectivity index (χ2n) is 4.88. The first-order chi connectivity index (χ1) is 10.9. The lowest BCUT2D eigenvalue weighted by Crippen LogP contribution is -2.07. The maximum Gasteiger partial charge on any atom is 0.417 e. The normalized spacial score (nSPS) is 12.3. The second-order valence-corrected chi connectivity index (χ2v) is 4.88. The van der Waals surface area contributed by atoms with Crippen LogP contribution in [0.2, 0.25) is 0 Å². The Bertz CT molecular complexity index is 1020. The van der Waals surface area contributed by atoms with E-state index in [1.807, 2.05) is 0 Å². The zero-order valence-corrected chi connectivity index (χ0v) is 11.5. The van der Waals surface area contributed by atoms with E-state index in [0.29, 0.717) is 0 Å². The van der Waals surface area contributed by atoms with E-state index in [1.165, 1.54) is 19.1 Å². The second kappa shape index (κ2) is 4.51. The molecule has 0 saturated carbocycles. The van der Waals surface area contributed by atoms with Crippen molar-refractivity contribution in [2.45, 2.75) is 13.1 Å². The third kappa shape index (κ3) is 2.12. The highest BCUT2D eigenvalue weighted by Crippen LogP contribution is 2.37. The van der Waals surface area contributed by atoms with Crippen LogP contribution in [0.15, 0.2) is 33.4 Å². The molecule has 0 N–H and O–H groups in total. The molecule has 4 rings (SSSR count). The van der Waals surface area contributed by atoms with Crippen molar-refractivity contribution in [3.05, 3.63) is 35.9 Å². The first kappa shape index (κ1) is 13.7. The molecule has 0 aliphatic rings. The van der Waals surface area contributed by atoms with Crippen LogP contribution in [0.1, 0.15) is 11.3 Å². The molecular formula is C14H7F3N4O2. The third-order valence-electron chi connectivity index (χ3n) is 3.31. The van der Waals surface area contributed by atoms with Crippen molar-refractivity contribution in [1.82, 2.24) is 20.2 Å². The van der Waals surface area contributed by atoms with Crippen LogP contribution >= 0.6 is 0 Å². The molecule has 4 aromatic rings. The fourth-order valence-corrected chi connectivity index (χ4v) is 2.40. The highest BCUT2D eigenvalue weighted by atomic mass is 19.4. The molecule has 0 unspecified atom stereocenters. The van der Waals surface area contributed by atoms with Gasteiger partial charge in [0, 0.05) is 11.1 Å². The largest absolute Gasteiger partial charge is 0.432 e. The molecule has 0 fully saturated rings. The lowest BCUT2D eigenvalue weighted by molar-refractivity contribution is -0.136. The van der Waals surface area contributed by atoms with Gasteiger partial charge in [-0.15, -0.1) is 10.2 Å². The lowest BCUT2D eigenvalue weighted by atomic mass is 10.1. The molecule has 0 bridgehead atoms. The molecule has 6 nitrogen and oxygen atoms in total. The Hall–Kier alpha value is -2.97. The summed E-state index contributed by atoms with van der Waals surface area (Å²) in [7, 11) is 0. The number of alkyl halides is 3. The van der Waals surface area contributed by atoms with Crippen LogP contribution in [0.4, 0.5) is 13.2 Å². The summed E-state index contributed by atoms with van der Waals surface area (Å²) >= 11 is 0. The molecule has 116 valence electrons. The van der Waals surface area contributed by atoms with E-state index in [9.17, 15) is 13.2 Å². The maximum absolute atomic E-state index is 13.2. The molecule has 0 radical (unpaired) electrons. The average molecular weight is 320 g/mol. The molecule has 23 heavy (non-hydrogen) atoms. The summed E-state index contributed by atoms with van der Waals surface area (Å²) in [6, 6.07) is 3.74. The topological polar surface area (TPSA) is 77.8 Å². The number of hydrogen-bond acceptors (Lipinski definition) is 6. The molecule has 0 saturated heterocycles. The minimum Gasteiger partial charge on any atom is -0.432 e. The molecule has 0 atom stereocenters. The average Bonchev–Trinajstić information content (AvgIpc) is 3.14. The molecule has 3 aromatic heterocycles. The SMILES string of the molecule is Cc1cc(C(F)(F)F)c2ccc3oc(-c4nnco4)nc3c2n1. The molecule has 0 aliphatic heterocycles. The molecule has 0 spiro atoms. The Labute approximate surface area is 126 Å². The van der Waals surface area contributed by atoms with Crippen LogP contribution < -0.4 is 0 Å². The van der Waals surface area contributed by atoms with E-state index in [-0.39, 0.29) is 39.5 Å². The number of pyridine rings is 1. The molecule has 3 heterocycles. The Morgan fingerprint density at radius 2 is 1.87 bits per heavy atom. The summed E-state index contributed by atoms with van der Waals surface area (Å²) in [6.45, 7) is 1.49. The monoisotopic (exact) mass is 320 g/mol. The molecule has 9 heteroatoms. The lowest BCUT2D eigenvalue weighted by Gasteiger charge is -2.11. The van der Waals surface area contributed by atoms with E-state index in [0.717, 1.165) is 12.5 Å². The van der Waals surface area contributed by atoms with Gasteiger partial charge in [0.25, 0.3) is 5.89 Å². The molecule has 0 aliphatic carbocycles. The van der Waals surface area contributed by atoms with Crippen LogP contribution in [0.25, 0.3) is 33.8 Å². The number of rotatable bonds is 1. The van der Waals surface area contributed by atoms with Gasteiger partial charge in [-0.1, -0.05) is 0 Å². The highest BCUT2D eigenvalue weighted by Gasteiger charge is 2.33. The first-order valence-corrected chi connectivity index (χ1v) is 6.48. The summed E-state index contributed by atoms with van der Waals surface area (Å²) in [5.74, 6) is 0.0694. The van der Waals surface area contributed by atoms with Gasteiger partial charge in [-0.3, -0.25) is 4.98 Å². The number of aryl methyl sites for hydroxylation is 1. The Morgan fingerprint density at radius 3 is 2.57 bits per heavy atom. The predicted octanol–water partition coefficient (Wildman–Crippen LogP) is 3.75. The predicted molar refractivity (Wildman–Crippen MR) is 72.3 cm³/mol. The number of fused-ring (bicyclic) bond motifs is 3. The van der Waals surface area contributed by atoms with Crippen LogP contribution in [-0.2, 0) is 6.18 Å². The van der Waals surface area contributed by atoms with Gasteiger partial charge in [-0.25, -0.2) is 4.98 Å². The zero-order chi connectivity index (χ0) is 16.2. The number of hydrogen-bond donors (Lipinski definition) is 0. The van der Waals surface area contributed by atoms with Crippen LogP contribution in [0.5, 0.6) is 0 Å². The standard InChI is InChI=1S/C14H7F3N4O2/c1-6-4-8(14(15,16)17)7-2-3-9-11(10(7)19-6)20-12(23-9)13-21-18-5-22-13/h2-5H,1H3. The van der Waals surface area contributed by atoms with Crippen molar-refractivity contribution in [1.29, 1.82) is 0 Å².